The van der Waals surface area contributed by atoms with Crippen LogP contribution in [0.25, 0.3) is 31.8 Å². The predicted molar refractivity (Wildman–Crippen MR) is 121 cm³/mol. The molecule has 178 valence electrons. The summed E-state index contributed by atoms with van der Waals surface area (Å²) in [7, 11) is -5.22. The fourth-order valence-corrected chi connectivity index (χ4v) is 5.10. The van der Waals surface area contributed by atoms with Crippen molar-refractivity contribution >= 4 is 48.6 Å². The molecule has 0 atom stereocenters. The number of benzene rings is 2. The average Bonchev–Trinajstić information content (AvgIpc) is 3.35. The molecule has 0 spiro atoms. The highest BCUT2D eigenvalue weighted by molar-refractivity contribution is 7.86. The van der Waals surface area contributed by atoms with E-state index in [-0.39, 0.29) is 16.0 Å². The number of para-hydroxylation sites is 1. The zero-order chi connectivity index (χ0) is 25.1. The van der Waals surface area contributed by atoms with Crippen molar-refractivity contribution in [2.45, 2.75) is 4.90 Å². The number of hydrogen-bond acceptors (Lipinski definition) is 11. The molecule has 0 unspecified atom stereocenters. The minimum absolute atomic E-state index is 0.0642. The van der Waals surface area contributed by atoms with Crippen molar-refractivity contribution in [2.24, 2.45) is 0 Å². The Morgan fingerprint density at radius 3 is 2.40 bits per heavy atom. The summed E-state index contributed by atoms with van der Waals surface area (Å²) in [5.74, 6) is -4.03. The molecule has 0 aliphatic rings. The third kappa shape index (κ3) is 3.74. The summed E-state index contributed by atoms with van der Waals surface area (Å²) in [6.45, 7) is 0. The molecule has 12 nitrogen and oxygen atoms in total. The highest BCUT2D eigenvalue weighted by Crippen LogP contribution is 2.37. The lowest BCUT2D eigenvalue weighted by Gasteiger charge is -2.12. The Hall–Kier alpha value is -4.40. The fourth-order valence-electron chi connectivity index (χ4n) is 3.38. The van der Waals surface area contributed by atoms with E-state index >= 15 is 0 Å². The van der Waals surface area contributed by atoms with Gasteiger partial charge in [0.1, 0.15) is 10.6 Å². The molecule has 35 heavy (non-hydrogen) atoms. The van der Waals surface area contributed by atoms with Gasteiger partial charge in [0, 0.05) is 17.5 Å². The van der Waals surface area contributed by atoms with Gasteiger partial charge in [-0.05, 0) is 24.3 Å². The number of rotatable bonds is 4. The molecular formula is C21H12N2O10S2. The van der Waals surface area contributed by atoms with Crippen LogP contribution in [0.5, 0.6) is 17.5 Å². The summed E-state index contributed by atoms with van der Waals surface area (Å²) in [5.41, 5.74) is -1.94. The van der Waals surface area contributed by atoms with Crippen molar-refractivity contribution in [3.05, 3.63) is 64.5 Å². The first-order chi connectivity index (χ1) is 16.5. The van der Waals surface area contributed by atoms with Gasteiger partial charge in [-0.15, -0.1) is 16.1 Å². The minimum atomic E-state index is -5.22. The largest absolute Gasteiger partial charge is 0.505 e. The van der Waals surface area contributed by atoms with E-state index in [1.165, 1.54) is 6.07 Å². The molecule has 0 aliphatic heterocycles. The monoisotopic (exact) mass is 516 g/mol. The first kappa shape index (κ1) is 22.4. The molecule has 5 aromatic rings. The summed E-state index contributed by atoms with van der Waals surface area (Å²) in [4.78, 5) is 33.3. The van der Waals surface area contributed by atoms with Gasteiger partial charge in [0.2, 0.25) is 11.8 Å². The normalized spacial score (nSPS) is 11.8. The van der Waals surface area contributed by atoms with E-state index in [9.17, 15) is 37.9 Å². The first-order valence-corrected chi connectivity index (χ1v) is 11.8. The van der Waals surface area contributed by atoms with Crippen LogP contribution in [-0.2, 0) is 10.1 Å². The summed E-state index contributed by atoms with van der Waals surface area (Å²) >= 11 is 1.16. The number of aromatic hydroxyl groups is 3. The van der Waals surface area contributed by atoms with Gasteiger partial charge < -0.3 is 24.6 Å². The van der Waals surface area contributed by atoms with Gasteiger partial charge in [0.25, 0.3) is 0 Å². The summed E-state index contributed by atoms with van der Waals surface area (Å²) in [6.07, 6.45) is 0. The number of hydrogen-bond donors (Lipinski definition) is 4. The van der Waals surface area contributed by atoms with E-state index in [1.54, 1.807) is 24.3 Å². The lowest BCUT2D eigenvalue weighted by molar-refractivity contribution is 0.0378. The zero-order valence-electron chi connectivity index (χ0n) is 17.1. The van der Waals surface area contributed by atoms with Gasteiger partial charge in [-0.1, -0.05) is 12.1 Å². The Morgan fingerprint density at radius 2 is 1.74 bits per heavy atom. The van der Waals surface area contributed by atoms with Crippen LogP contribution >= 0.6 is 11.3 Å². The third-order valence-corrected chi connectivity index (χ3v) is 6.89. The van der Waals surface area contributed by atoms with Crippen molar-refractivity contribution in [1.82, 2.24) is 9.71 Å². The molecule has 0 saturated carbocycles. The number of aromatic nitrogens is 2. The maximum absolute atomic E-state index is 12.7. The highest BCUT2D eigenvalue weighted by Gasteiger charge is 2.30. The number of fused-ring (bicyclic) bond motifs is 2. The minimum Gasteiger partial charge on any atom is -0.505 e. The van der Waals surface area contributed by atoms with Crippen LogP contribution < -0.4 is 10.5 Å². The number of phenols is 1. The molecular weight excluding hydrogens is 504 g/mol. The molecule has 4 N–H and O–H groups in total. The predicted octanol–water partition coefficient (Wildman–Crippen LogP) is 2.50. The third-order valence-electron chi connectivity index (χ3n) is 4.93. The Kier molecular flexibility index (Phi) is 5.01. The molecule has 3 heterocycles. The second-order valence-corrected chi connectivity index (χ2v) is 9.54. The smallest absolute Gasteiger partial charge is 0.367 e. The molecule has 5 rings (SSSR count). The van der Waals surface area contributed by atoms with Gasteiger partial charge in [-0.25, -0.2) is 14.6 Å². The number of nitrogens with zero attached hydrogens (tertiary/aromatic N) is 2. The van der Waals surface area contributed by atoms with E-state index in [2.05, 4.69) is 4.98 Å². The summed E-state index contributed by atoms with van der Waals surface area (Å²) in [6, 6.07) is 11.2. The van der Waals surface area contributed by atoms with Crippen molar-refractivity contribution in [3.63, 3.8) is 0 Å². The van der Waals surface area contributed by atoms with E-state index in [0.717, 1.165) is 34.2 Å². The van der Waals surface area contributed by atoms with Crippen LogP contribution in [0.3, 0.4) is 0 Å². The Labute approximate surface area is 198 Å². The molecule has 3 aromatic heterocycles. The second-order valence-electron chi connectivity index (χ2n) is 7.15. The second kappa shape index (κ2) is 7.83. The molecule has 0 fully saturated rings. The van der Waals surface area contributed by atoms with Crippen LogP contribution in [0, 0.1) is 0 Å². The van der Waals surface area contributed by atoms with Crippen molar-refractivity contribution in [1.29, 1.82) is 0 Å². The fraction of sp³-hybridized carbons (Fsp3) is 0. The molecule has 0 radical (unpaired) electrons. The van der Waals surface area contributed by atoms with Crippen LogP contribution in [0.2, 0.25) is 0 Å². The SMILES string of the molecule is O=C(On1c(O)ccc1O)c1cc2cc(-c3nc4ccccc4s3)c(=O)oc2c(S(=O)(=O)O)c1O. The van der Waals surface area contributed by atoms with Gasteiger partial charge >= 0.3 is 21.7 Å². The lowest BCUT2D eigenvalue weighted by atomic mass is 10.1. The molecule has 0 aliphatic carbocycles. The van der Waals surface area contributed by atoms with Crippen molar-refractivity contribution < 1.29 is 42.3 Å². The summed E-state index contributed by atoms with van der Waals surface area (Å²) in [5, 5.41) is 29.9. The van der Waals surface area contributed by atoms with E-state index < -0.39 is 55.3 Å². The van der Waals surface area contributed by atoms with Gasteiger partial charge in [-0.3, -0.25) is 4.55 Å². The van der Waals surface area contributed by atoms with Crippen molar-refractivity contribution in [2.75, 3.05) is 0 Å². The van der Waals surface area contributed by atoms with E-state index in [4.69, 9.17) is 9.25 Å². The Bertz CT molecular complexity index is 1780. The molecule has 14 heteroatoms. The maximum Gasteiger partial charge on any atom is 0.367 e. The van der Waals surface area contributed by atoms with Crippen molar-refractivity contribution in [3.8, 4) is 28.1 Å². The van der Waals surface area contributed by atoms with E-state index in [0.29, 0.717) is 10.2 Å². The van der Waals surface area contributed by atoms with Crippen LogP contribution in [-0.4, -0.2) is 44.0 Å². The highest BCUT2D eigenvalue weighted by atomic mass is 32.2. The average molecular weight is 516 g/mol. The molecule has 0 bridgehead atoms. The molecule has 0 amide bonds. The first-order valence-electron chi connectivity index (χ1n) is 9.54. The van der Waals surface area contributed by atoms with Crippen LogP contribution in [0.4, 0.5) is 0 Å². The lowest BCUT2D eigenvalue weighted by Crippen LogP contribution is -2.20. The standard InChI is InChI=1S/C21H12N2O10S2/c24-14-5-6-15(25)23(14)33-21(28)10-7-9-8-11(19-22-12-3-1-2-4-13(12)34-19)20(27)32-17(9)18(16(10)26)35(29,30)31/h1-8,24-26H,(H,29,30,31). The van der Waals surface area contributed by atoms with Gasteiger partial charge in [0.05, 0.1) is 15.8 Å². The number of thiazole rings is 1. The van der Waals surface area contributed by atoms with Gasteiger partial charge in [-0.2, -0.15) is 8.42 Å². The Morgan fingerprint density at radius 1 is 1.06 bits per heavy atom. The Balaban J connectivity index is 1.74. The topological polar surface area (TPSA) is 189 Å². The zero-order valence-corrected chi connectivity index (χ0v) is 18.7. The van der Waals surface area contributed by atoms with Crippen LogP contribution in [0.15, 0.2) is 62.6 Å². The summed E-state index contributed by atoms with van der Waals surface area (Å²) < 4.78 is 40.0. The number of carbonyl (C=O) groups is 1. The van der Waals surface area contributed by atoms with Crippen LogP contribution in [0.1, 0.15) is 10.4 Å². The van der Waals surface area contributed by atoms with E-state index in [1.807, 2.05) is 0 Å². The maximum atomic E-state index is 12.7. The van der Waals surface area contributed by atoms with Gasteiger partial charge in [0.15, 0.2) is 16.2 Å². The molecule has 0 saturated heterocycles. The number of phenolic OH excluding ortho intramolecular Hbond substituents is 1. The number of carbonyl (C=O) groups excluding carboxylic acids is 1. The quantitative estimate of drug-likeness (QED) is 0.203. The molecule has 2 aromatic carbocycles.